The number of amidine groups is 1. The molecular formula is C30H32F2N4O8. The van der Waals surface area contributed by atoms with Gasteiger partial charge in [0.15, 0.2) is 29.7 Å². The third-order valence-electron chi connectivity index (χ3n) is 5.77. The minimum Gasteiger partial charge on any atom is -0.487 e. The summed E-state index contributed by atoms with van der Waals surface area (Å²) < 4.78 is 44.5. The Morgan fingerprint density at radius 1 is 1.05 bits per heavy atom. The lowest BCUT2D eigenvalue weighted by atomic mass is 10.1. The minimum absolute atomic E-state index is 0.0604. The van der Waals surface area contributed by atoms with Crippen LogP contribution in [0.25, 0.3) is 0 Å². The van der Waals surface area contributed by atoms with Crippen molar-refractivity contribution in [2.75, 3.05) is 23.8 Å². The van der Waals surface area contributed by atoms with Crippen molar-refractivity contribution in [2.45, 2.75) is 40.0 Å². The molecule has 0 saturated heterocycles. The summed E-state index contributed by atoms with van der Waals surface area (Å²) in [6.45, 7) is 4.01. The zero-order valence-electron chi connectivity index (χ0n) is 24.1. The van der Waals surface area contributed by atoms with E-state index in [1.165, 1.54) is 36.4 Å². The van der Waals surface area contributed by atoms with Crippen LogP contribution in [0.3, 0.4) is 0 Å². The van der Waals surface area contributed by atoms with Gasteiger partial charge in [0, 0.05) is 29.4 Å². The van der Waals surface area contributed by atoms with E-state index in [-0.39, 0.29) is 60.1 Å². The Hall–Kier alpha value is -5.24. The topological polar surface area (TPSA) is 182 Å². The molecule has 0 aromatic heterocycles. The smallest absolute Gasteiger partial charge is 0.435 e. The summed E-state index contributed by atoms with van der Waals surface area (Å²) in [5, 5.41) is 24.4. The number of hydrogen-bond donors (Lipinski definition) is 5. The lowest BCUT2D eigenvalue weighted by molar-refractivity contribution is -0.139. The van der Waals surface area contributed by atoms with Gasteiger partial charge in [-0.1, -0.05) is 0 Å². The van der Waals surface area contributed by atoms with E-state index in [9.17, 15) is 28.3 Å². The van der Waals surface area contributed by atoms with Gasteiger partial charge >= 0.3 is 12.1 Å². The fourth-order valence-corrected chi connectivity index (χ4v) is 3.90. The zero-order chi connectivity index (χ0) is 32.4. The number of rotatable bonds is 13. The van der Waals surface area contributed by atoms with Gasteiger partial charge in [0.1, 0.15) is 5.84 Å². The van der Waals surface area contributed by atoms with E-state index in [1.807, 2.05) is 0 Å². The van der Waals surface area contributed by atoms with Crippen molar-refractivity contribution in [1.82, 2.24) is 0 Å². The molecular weight excluding hydrogens is 582 g/mol. The molecule has 3 rings (SSSR count). The summed E-state index contributed by atoms with van der Waals surface area (Å²) in [5.74, 6) is -4.39. The van der Waals surface area contributed by atoms with Crippen molar-refractivity contribution in [2.24, 2.45) is 10.7 Å². The second-order valence-corrected chi connectivity index (χ2v) is 9.48. The molecule has 3 aromatic carbocycles. The number of halogens is 2. The fourth-order valence-electron chi connectivity index (χ4n) is 3.90. The molecule has 0 atom stereocenters. The largest absolute Gasteiger partial charge is 0.487 e. The van der Waals surface area contributed by atoms with Crippen LogP contribution in [0.15, 0.2) is 53.5 Å². The molecule has 0 bridgehead atoms. The molecule has 0 aliphatic carbocycles. The van der Waals surface area contributed by atoms with E-state index in [0.29, 0.717) is 16.7 Å². The van der Waals surface area contributed by atoms with Crippen LogP contribution in [0.4, 0.5) is 25.0 Å². The number of benzene rings is 3. The maximum Gasteiger partial charge on any atom is 0.435 e. The maximum atomic E-state index is 14.3. The molecule has 6 N–H and O–H groups in total. The first-order chi connectivity index (χ1) is 20.9. The highest BCUT2D eigenvalue weighted by Gasteiger charge is 2.20. The Morgan fingerprint density at radius 3 is 2.34 bits per heavy atom. The third-order valence-corrected chi connectivity index (χ3v) is 5.77. The molecule has 0 aliphatic heterocycles. The lowest BCUT2D eigenvalue weighted by Crippen LogP contribution is -2.18. The maximum absolute atomic E-state index is 14.3. The van der Waals surface area contributed by atoms with Crippen molar-refractivity contribution < 1.29 is 47.6 Å². The lowest BCUT2D eigenvalue weighted by Gasteiger charge is -2.20. The summed E-state index contributed by atoms with van der Waals surface area (Å²) in [5.41, 5.74) is 6.86. The van der Waals surface area contributed by atoms with Crippen LogP contribution >= 0.6 is 0 Å². The van der Waals surface area contributed by atoms with Crippen molar-refractivity contribution >= 4 is 35.2 Å². The Kier molecular flexibility index (Phi) is 11.6. The van der Waals surface area contributed by atoms with Gasteiger partial charge < -0.3 is 40.8 Å². The molecule has 44 heavy (non-hydrogen) atoms. The number of hydrogen-bond acceptors (Lipinski definition) is 8. The van der Waals surface area contributed by atoms with Crippen LogP contribution < -0.4 is 25.8 Å². The van der Waals surface area contributed by atoms with Crippen molar-refractivity contribution in [3.8, 4) is 11.5 Å². The Bertz CT molecular complexity index is 1540. The number of carbonyl (C=O) groups excluding carboxylic acids is 2. The highest BCUT2D eigenvalue weighted by Crippen LogP contribution is 2.35. The number of carbonyl (C=O) groups is 3. The van der Waals surface area contributed by atoms with E-state index in [1.54, 1.807) is 20.8 Å². The summed E-state index contributed by atoms with van der Waals surface area (Å²) in [6.07, 6.45) is -1.18. The molecule has 0 aliphatic rings. The Labute approximate surface area is 251 Å². The quantitative estimate of drug-likeness (QED) is 0.136. The molecule has 2 amide bonds. The predicted octanol–water partition coefficient (Wildman–Crippen LogP) is 4.43. The average molecular weight is 615 g/mol. The minimum atomic E-state index is -1.26. The van der Waals surface area contributed by atoms with Crippen molar-refractivity contribution in [1.29, 1.82) is 0 Å². The van der Waals surface area contributed by atoms with Gasteiger partial charge in [-0.05, 0) is 68.8 Å². The first-order valence-electron chi connectivity index (χ1n) is 13.3. The number of nitrogens with two attached hydrogens (primary N) is 1. The molecule has 0 radical (unpaired) electrons. The van der Waals surface area contributed by atoms with Crippen LogP contribution in [0, 0.1) is 11.6 Å². The molecule has 0 spiro atoms. The summed E-state index contributed by atoms with van der Waals surface area (Å²) in [7, 11) is 0. The molecule has 234 valence electrons. The highest BCUT2D eigenvalue weighted by atomic mass is 19.2. The standard InChI is InChI=1S/C30H32F2N4O8/c1-4-42-30(41)36-28(33)18-5-7-20(8-6-18)35-29(40)21-11-22(31)23(32)12-24(21)34-13-19-9-17(14-37)10-25(44-16(2)3)27(19)43-15-26(38)39/h5-12,16,34,37H,4,13-15H2,1-3H3,(H,35,40)(H,38,39)(H2,33,36,41). The van der Waals surface area contributed by atoms with E-state index in [0.717, 1.165) is 12.1 Å². The number of nitrogens with zero attached hydrogens (tertiary/aromatic N) is 1. The number of aliphatic hydroxyl groups excluding tert-OH is 1. The first kappa shape index (κ1) is 33.3. The third kappa shape index (κ3) is 9.13. The molecule has 0 fully saturated rings. The fraction of sp³-hybridized carbons (Fsp3) is 0.267. The molecule has 0 saturated carbocycles. The van der Waals surface area contributed by atoms with Crippen LogP contribution in [-0.2, 0) is 22.7 Å². The van der Waals surface area contributed by atoms with Gasteiger partial charge in [-0.15, -0.1) is 0 Å². The number of aliphatic hydroxyl groups is 1. The summed E-state index contributed by atoms with van der Waals surface area (Å²) >= 11 is 0. The number of aliphatic carboxylic acids is 1. The van der Waals surface area contributed by atoms with Crippen molar-refractivity contribution in [3.05, 3.63) is 82.4 Å². The van der Waals surface area contributed by atoms with Crippen LogP contribution in [0.5, 0.6) is 11.5 Å². The monoisotopic (exact) mass is 614 g/mol. The van der Waals surface area contributed by atoms with Crippen LogP contribution in [0.2, 0.25) is 0 Å². The Morgan fingerprint density at radius 2 is 1.73 bits per heavy atom. The van der Waals surface area contributed by atoms with Crippen LogP contribution in [-0.4, -0.2) is 53.3 Å². The van der Waals surface area contributed by atoms with Gasteiger partial charge in [0.2, 0.25) is 0 Å². The molecule has 0 unspecified atom stereocenters. The summed E-state index contributed by atoms with van der Waals surface area (Å²) in [4.78, 5) is 39.5. The second-order valence-electron chi connectivity index (χ2n) is 9.48. The number of anilines is 2. The van der Waals surface area contributed by atoms with E-state index in [4.69, 9.17) is 25.1 Å². The van der Waals surface area contributed by atoms with E-state index < -0.39 is 36.2 Å². The zero-order valence-corrected chi connectivity index (χ0v) is 24.1. The predicted molar refractivity (Wildman–Crippen MR) is 157 cm³/mol. The van der Waals surface area contributed by atoms with Gasteiger partial charge in [0.25, 0.3) is 5.91 Å². The number of amides is 2. The molecule has 3 aromatic rings. The van der Waals surface area contributed by atoms with E-state index >= 15 is 0 Å². The van der Waals surface area contributed by atoms with Crippen molar-refractivity contribution in [3.63, 3.8) is 0 Å². The highest BCUT2D eigenvalue weighted by molar-refractivity contribution is 6.08. The van der Waals surface area contributed by atoms with Gasteiger partial charge in [-0.25, -0.2) is 18.4 Å². The number of aliphatic imine (C=N–C) groups is 1. The first-order valence-corrected chi connectivity index (χ1v) is 13.3. The van der Waals surface area contributed by atoms with E-state index in [2.05, 4.69) is 15.6 Å². The SMILES string of the molecule is CCOC(=O)/N=C(\N)c1ccc(NC(=O)c2cc(F)c(F)cc2NCc2cc(CO)cc(OC(C)C)c2OCC(=O)O)cc1. The number of ether oxygens (including phenoxy) is 3. The van der Waals surface area contributed by atoms with Gasteiger partial charge in [0.05, 0.1) is 30.6 Å². The van der Waals surface area contributed by atoms with Gasteiger partial charge in [-0.3, -0.25) is 4.79 Å². The molecule has 14 heteroatoms. The van der Waals surface area contributed by atoms with Crippen LogP contribution in [0.1, 0.15) is 47.8 Å². The molecule has 0 heterocycles. The number of carboxylic acid groups (broad SMARTS) is 1. The number of carboxylic acids is 1. The average Bonchev–Trinajstić information content (AvgIpc) is 2.96. The molecule has 12 nitrogen and oxygen atoms in total. The number of nitrogens with one attached hydrogen (secondary N) is 2. The summed E-state index contributed by atoms with van der Waals surface area (Å²) in [6, 6.07) is 10.5. The Balaban J connectivity index is 1.89. The van der Waals surface area contributed by atoms with Gasteiger partial charge in [-0.2, -0.15) is 4.99 Å². The second kappa shape index (κ2) is 15.3. The normalized spacial score (nSPS) is 11.2.